The Hall–Kier alpha value is -1.94. The Bertz CT molecular complexity index is 547. The number of aromatic nitrogens is 2. The number of anilines is 1. The van der Waals surface area contributed by atoms with Crippen molar-refractivity contribution < 1.29 is 0 Å². The zero-order valence-corrected chi connectivity index (χ0v) is 11.5. The van der Waals surface area contributed by atoms with E-state index in [0.29, 0.717) is 12.1 Å². The van der Waals surface area contributed by atoms with Gasteiger partial charge in [-0.15, -0.1) is 0 Å². The molecule has 0 atom stereocenters. The predicted molar refractivity (Wildman–Crippen MR) is 81.3 cm³/mol. The van der Waals surface area contributed by atoms with E-state index < -0.39 is 0 Å². The lowest BCUT2D eigenvalue weighted by atomic mass is 9.91. The minimum absolute atomic E-state index is 0.368. The first-order valence-electron chi connectivity index (χ1n) is 7.20. The van der Waals surface area contributed by atoms with Crippen molar-refractivity contribution in [3.63, 3.8) is 0 Å². The minimum Gasteiger partial charge on any atom is -0.367 e. The van der Waals surface area contributed by atoms with E-state index in [4.69, 9.17) is 5.73 Å². The molecule has 1 aromatic carbocycles. The summed E-state index contributed by atoms with van der Waals surface area (Å²) >= 11 is 0. The molecule has 1 heterocycles. The first-order valence-corrected chi connectivity index (χ1v) is 7.20. The topological polar surface area (TPSA) is 63.8 Å². The van der Waals surface area contributed by atoms with E-state index in [-0.39, 0.29) is 0 Å². The van der Waals surface area contributed by atoms with Crippen molar-refractivity contribution in [1.29, 1.82) is 0 Å². The lowest BCUT2D eigenvalue weighted by Crippen LogP contribution is -2.33. The van der Waals surface area contributed by atoms with Gasteiger partial charge in [0.25, 0.3) is 0 Å². The monoisotopic (exact) mass is 268 g/mol. The molecule has 104 valence electrons. The maximum absolute atomic E-state index is 5.96. The smallest absolute Gasteiger partial charge is 0.137 e. The standard InChI is InChI=1S/C16H20N4/c17-13-6-8-14(9-7-13)20-16-15(10-18-11-19-16)12-4-2-1-3-5-12/h1-5,10-11,13-14H,6-9,17H2,(H,18,19,20). The largest absolute Gasteiger partial charge is 0.367 e. The van der Waals surface area contributed by atoms with Crippen LogP contribution in [0.5, 0.6) is 0 Å². The van der Waals surface area contributed by atoms with Gasteiger partial charge in [0.05, 0.1) is 0 Å². The molecule has 3 rings (SSSR count). The summed E-state index contributed by atoms with van der Waals surface area (Å²) in [7, 11) is 0. The first kappa shape index (κ1) is 13.1. The van der Waals surface area contributed by atoms with Gasteiger partial charge in [0, 0.05) is 23.8 Å². The molecule has 0 bridgehead atoms. The fourth-order valence-electron chi connectivity index (χ4n) is 2.73. The molecule has 0 amide bonds. The summed E-state index contributed by atoms with van der Waals surface area (Å²) in [5.74, 6) is 0.923. The molecular weight excluding hydrogens is 248 g/mol. The Morgan fingerprint density at radius 1 is 1.05 bits per heavy atom. The zero-order valence-electron chi connectivity index (χ0n) is 11.5. The Balaban J connectivity index is 1.80. The van der Waals surface area contributed by atoms with Crippen molar-refractivity contribution in [2.24, 2.45) is 5.73 Å². The molecule has 0 aliphatic heterocycles. The van der Waals surface area contributed by atoms with Gasteiger partial charge in [-0.2, -0.15) is 0 Å². The fraction of sp³-hybridized carbons (Fsp3) is 0.375. The van der Waals surface area contributed by atoms with Crippen LogP contribution in [-0.4, -0.2) is 22.1 Å². The van der Waals surface area contributed by atoms with E-state index in [0.717, 1.165) is 42.6 Å². The zero-order chi connectivity index (χ0) is 13.8. The van der Waals surface area contributed by atoms with Crippen LogP contribution in [0.1, 0.15) is 25.7 Å². The van der Waals surface area contributed by atoms with Crippen LogP contribution in [-0.2, 0) is 0 Å². The van der Waals surface area contributed by atoms with Crippen molar-refractivity contribution >= 4 is 5.82 Å². The minimum atomic E-state index is 0.368. The van der Waals surface area contributed by atoms with Crippen LogP contribution in [0.25, 0.3) is 11.1 Å². The van der Waals surface area contributed by atoms with Crippen LogP contribution in [0.2, 0.25) is 0 Å². The highest BCUT2D eigenvalue weighted by Gasteiger charge is 2.19. The molecule has 1 fully saturated rings. The molecule has 3 N–H and O–H groups in total. The molecule has 1 aliphatic rings. The Kier molecular flexibility index (Phi) is 3.92. The van der Waals surface area contributed by atoms with Crippen molar-refractivity contribution in [3.8, 4) is 11.1 Å². The van der Waals surface area contributed by atoms with Gasteiger partial charge in [-0.05, 0) is 31.2 Å². The Labute approximate surface area is 119 Å². The average molecular weight is 268 g/mol. The third-order valence-corrected chi connectivity index (χ3v) is 3.91. The molecule has 0 spiro atoms. The number of nitrogens with two attached hydrogens (primary N) is 1. The Morgan fingerprint density at radius 2 is 1.80 bits per heavy atom. The van der Waals surface area contributed by atoms with Gasteiger partial charge in [-0.1, -0.05) is 30.3 Å². The number of benzene rings is 1. The molecule has 1 aromatic heterocycles. The van der Waals surface area contributed by atoms with Crippen LogP contribution in [0, 0.1) is 0 Å². The van der Waals surface area contributed by atoms with E-state index in [9.17, 15) is 0 Å². The molecular formula is C16H20N4. The van der Waals surface area contributed by atoms with E-state index >= 15 is 0 Å². The van der Waals surface area contributed by atoms with Crippen molar-refractivity contribution in [2.45, 2.75) is 37.8 Å². The van der Waals surface area contributed by atoms with Gasteiger partial charge in [-0.3, -0.25) is 0 Å². The maximum atomic E-state index is 5.96. The van der Waals surface area contributed by atoms with Gasteiger partial charge in [-0.25, -0.2) is 9.97 Å². The summed E-state index contributed by atoms with van der Waals surface area (Å²) in [5, 5.41) is 3.56. The van der Waals surface area contributed by atoms with Gasteiger partial charge < -0.3 is 11.1 Å². The molecule has 0 unspecified atom stereocenters. The van der Waals surface area contributed by atoms with Crippen LogP contribution in [0.15, 0.2) is 42.9 Å². The third kappa shape index (κ3) is 2.96. The summed E-state index contributed by atoms with van der Waals surface area (Å²) in [4.78, 5) is 8.57. The molecule has 0 saturated heterocycles. The van der Waals surface area contributed by atoms with Crippen molar-refractivity contribution in [3.05, 3.63) is 42.9 Å². The lowest BCUT2D eigenvalue weighted by Gasteiger charge is -2.27. The van der Waals surface area contributed by atoms with Crippen LogP contribution in [0.3, 0.4) is 0 Å². The summed E-state index contributed by atoms with van der Waals surface area (Å²) < 4.78 is 0. The summed E-state index contributed by atoms with van der Waals surface area (Å²) in [5.41, 5.74) is 8.16. The normalized spacial score (nSPS) is 22.4. The Morgan fingerprint density at radius 3 is 2.55 bits per heavy atom. The molecule has 1 aliphatic carbocycles. The quantitative estimate of drug-likeness (QED) is 0.898. The number of rotatable bonds is 3. The number of nitrogens with zero attached hydrogens (tertiary/aromatic N) is 2. The van der Waals surface area contributed by atoms with E-state index in [1.165, 1.54) is 0 Å². The van der Waals surface area contributed by atoms with Crippen LogP contribution >= 0.6 is 0 Å². The summed E-state index contributed by atoms with van der Waals surface area (Å²) in [6, 6.07) is 11.1. The van der Waals surface area contributed by atoms with Crippen LogP contribution in [0.4, 0.5) is 5.82 Å². The highest BCUT2D eigenvalue weighted by molar-refractivity contribution is 5.74. The maximum Gasteiger partial charge on any atom is 0.137 e. The van der Waals surface area contributed by atoms with E-state index in [1.807, 2.05) is 24.4 Å². The van der Waals surface area contributed by atoms with Gasteiger partial charge in [0.1, 0.15) is 12.1 Å². The predicted octanol–water partition coefficient (Wildman–Crippen LogP) is 2.83. The highest BCUT2D eigenvalue weighted by Crippen LogP contribution is 2.27. The van der Waals surface area contributed by atoms with E-state index in [1.54, 1.807) is 6.33 Å². The van der Waals surface area contributed by atoms with Gasteiger partial charge in [0.15, 0.2) is 0 Å². The molecule has 20 heavy (non-hydrogen) atoms. The van der Waals surface area contributed by atoms with E-state index in [2.05, 4.69) is 27.4 Å². The summed E-state index contributed by atoms with van der Waals surface area (Å²) in [6.45, 7) is 0. The summed E-state index contributed by atoms with van der Waals surface area (Å²) in [6.07, 6.45) is 7.87. The molecule has 0 radical (unpaired) electrons. The first-order chi connectivity index (χ1) is 9.83. The molecule has 4 nitrogen and oxygen atoms in total. The third-order valence-electron chi connectivity index (χ3n) is 3.91. The SMILES string of the molecule is NC1CCC(Nc2ncncc2-c2ccccc2)CC1. The molecule has 1 saturated carbocycles. The molecule has 2 aromatic rings. The average Bonchev–Trinajstić information content (AvgIpc) is 2.51. The van der Waals surface area contributed by atoms with Gasteiger partial charge >= 0.3 is 0 Å². The number of hydrogen-bond acceptors (Lipinski definition) is 4. The van der Waals surface area contributed by atoms with Crippen molar-refractivity contribution in [2.75, 3.05) is 5.32 Å². The second kappa shape index (κ2) is 6.01. The highest BCUT2D eigenvalue weighted by atomic mass is 15.0. The number of hydrogen-bond donors (Lipinski definition) is 2. The number of nitrogens with one attached hydrogen (secondary N) is 1. The van der Waals surface area contributed by atoms with Gasteiger partial charge in [0.2, 0.25) is 0 Å². The molecule has 4 heteroatoms. The second-order valence-electron chi connectivity index (χ2n) is 5.41. The van der Waals surface area contributed by atoms with Crippen molar-refractivity contribution in [1.82, 2.24) is 9.97 Å². The van der Waals surface area contributed by atoms with Crippen LogP contribution < -0.4 is 11.1 Å². The lowest BCUT2D eigenvalue weighted by molar-refractivity contribution is 0.410. The fourth-order valence-corrected chi connectivity index (χ4v) is 2.73. The second-order valence-corrected chi connectivity index (χ2v) is 5.41.